The molecule has 136 valence electrons. The van der Waals surface area contributed by atoms with Crippen LogP contribution in [0, 0.1) is 11.8 Å². The first-order chi connectivity index (χ1) is 11.7. The lowest BCUT2D eigenvalue weighted by atomic mass is 9.95. The van der Waals surface area contributed by atoms with Gasteiger partial charge in [-0.3, -0.25) is 4.79 Å². The summed E-state index contributed by atoms with van der Waals surface area (Å²) >= 11 is 0. The van der Waals surface area contributed by atoms with E-state index in [1.807, 2.05) is 12.1 Å². The summed E-state index contributed by atoms with van der Waals surface area (Å²) < 4.78 is 52.6. The average Bonchev–Trinajstić information content (AvgIpc) is 3.44. The van der Waals surface area contributed by atoms with Gasteiger partial charge in [0, 0.05) is 5.69 Å². The monoisotopic (exact) mass is 355 g/mol. The highest BCUT2D eigenvalue weighted by atomic mass is 19.3. The van der Waals surface area contributed by atoms with Crippen molar-refractivity contribution in [1.29, 1.82) is 0 Å². The van der Waals surface area contributed by atoms with Crippen molar-refractivity contribution in [3.63, 3.8) is 0 Å². The number of alkyl halides is 4. The summed E-state index contributed by atoms with van der Waals surface area (Å²) in [4.78, 5) is 13.6. The Hall–Kier alpha value is -1.59. The molecule has 2 nitrogen and oxygen atoms in total. The van der Waals surface area contributed by atoms with Crippen LogP contribution in [0.15, 0.2) is 18.2 Å². The van der Waals surface area contributed by atoms with Gasteiger partial charge in [-0.05, 0) is 54.2 Å². The minimum Gasteiger partial charge on any atom is -0.305 e. The number of carbonyl (C=O) groups is 1. The highest BCUT2D eigenvalue weighted by Crippen LogP contribution is 2.59. The van der Waals surface area contributed by atoms with Gasteiger partial charge >= 0.3 is 12.3 Å². The van der Waals surface area contributed by atoms with Gasteiger partial charge in [0.2, 0.25) is 5.91 Å². The van der Waals surface area contributed by atoms with E-state index in [9.17, 15) is 22.4 Å². The molecule has 6 heteroatoms. The Morgan fingerprint density at radius 2 is 1.96 bits per heavy atom. The molecule has 1 amide bonds. The summed E-state index contributed by atoms with van der Waals surface area (Å²) in [5.74, 6) is -3.19. The maximum Gasteiger partial charge on any atom is 0.324 e. The van der Waals surface area contributed by atoms with Gasteiger partial charge in [-0.15, -0.1) is 0 Å². The number of anilines is 1. The second kappa shape index (κ2) is 5.21. The van der Waals surface area contributed by atoms with Crippen molar-refractivity contribution in [2.75, 3.05) is 11.4 Å². The van der Waals surface area contributed by atoms with E-state index >= 15 is 0 Å². The van der Waals surface area contributed by atoms with Gasteiger partial charge in [0.15, 0.2) is 0 Å². The highest BCUT2D eigenvalue weighted by molar-refractivity contribution is 6.10. The molecule has 1 aliphatic heterocycles. The van der Waals surface area contributed by atoms with Crippen LogP contribution in [0.5, 0.6) is 0 Å². The third-order valence-corrected chi connectivity index (χ3v) is 6.05. The van der Waals surface area contributed by atoms with Crippen molar-refractivity contribution in [3.8, 4) is 0 Å². The van der Waals surface area contributed by atoms with E-state index in [-0.39, 0.29) is 0 Å². The molecule has 0 bridgehead atoms. The molecule has 2 atom stereocenters. The van der Waals surface area contributed by atoms with Crippen molar-refractivity contribution in [2.45, 2.75) is 56.8 Å². The normalized spacial score (nSPS) is 26.7. The Kier molecular flexibility index (Phi) is 3.51. The van der Waals surface area contributed by atoms with Gasteiger partial charge < -0.3 is 4.90 Å². The molecule has 3 aliphatic rings. The lowest BCUT2D eigenvalue weighted by Gasteiger charge is -2.24. The molecule has 0 N–H and O–H groups in total. The molecular weight excluding hydrogens is 334 g/mol. The number of hydrogen-bond acceptors (Lipinski definition) is 1. The van der Waals surface area contributed by atoms with Gasteiger partial charge in [-0.25, -0.2) is 8.78 Å². The van der Waals surface area contributed by atoms with E-state index in [2.05, 4.69) is 13.8 Å². The fraction of sp³-hybridized carbons (Fsp3) is 0.632. The number of amides is 1. The van der Waals surface area contributed by atoms with E-state index < -0.39 is 30.2 Å². The van der Waals surface area contributed by atoms with E-state index in [1.54, 1.807) is 6.07 Å². The van der Waals surface area contributed by atoms with Crippen LogP contribution >= 0.6 is 0 Å². The number of fused-ring (bicyclic) bond motifs is 2. The van der Waals surface area contributed by atoms with Gasteiger partial charge in [0.1, 0.15) is 0 Å². The predicted molar refractivity (Wildman–Crippen MR) is 86.3 cm³/mol. The average molecular weight is 355 g/mol. The smallest absolute Gasteiger partial charge is 0.305 e. The number of carbonyl (C=O) groups excluding carboxylic acids is 1. The van der Waals surface area contributed by atoms with Crippen LogP contribution in [-0.2, 0) is 10.2 Å². The Morgan fingerprint density at radius 3 is 2.48 bits per heavy atom. The molecule has 2 aliphatic carbocycles. The fourth-order valence-electron chi connectivity index (χ4n) is 4.27. The van der Waals surface area contributed by atoms with Gasteiger partial charge in [-0.2, -0.15) is 8.78 Å². The third-order valence-electron chi connectivity index (χ3n) is 6.05. The molecule has 0 aromatic heterocycles. The zero-order valence-corrected chi connectivity index (χ0v) is 14.2. The number of rotatable bonds is 5. The standard InChI is InChI=1S/C19H21F4NO/c1-10(2)12-8-13(12)11-3-4-14-15(7-11)24(9-19(22,23)16(20)21)17(25)18(14)5-6-18/h3-4,7,10,12-13,16H,5-6,8-9H2,1-2H3/t12-,13-/m1/s1. The first-order valence-electron chi connectivity index (χ1n) is 8.80. The number of halogens is 4. The summed E-state index contributed by atoms with van der Waals surface area (Å²) in [7, 11) is 0. The van der Waals surface area contributed by atoms with Gasteiger partial charge in [-0.1, -0.05) is 26.0 Å². The Balaban J connectivity index is 1.68. The first kappa shape index (κ1) is 16.9. The second-order valence-electron chi connectivity index (χ2n) is 8.06. The SMILES string of the molecule is CC(C)[C@H]1C[C@@H]1c1ccc2c(c1)N(CC(F)(F)C(F)F)C(=O)C21CC1. The molecule has 0 radical (unpaired) electrons. The highest BCUT2D eigenvalue weighted by Gasteiger charge is 2.61. The minimum atomic E-state index is -4.20. The maximum absolute atomic E-state index is 13.6. The second-order valence-corrected chi connectivity index (χ2v) is 8.06. The molecule has 2 fully saturated rings. The zero-order chi connectivity index (χ0) is 18.1. The molecule has 1 heterocycles. The van der Waals surface area contributed by atoms with Crippen molar-refractivity contribution in [3.05, 3.63) is 29.3 Å². The third kappa shape index (κ3) is 2.48. The predicted octanol–water partition coefficient (Wildman–Crippen LogP) is 4.72. The summed E-state index contributed by atoms with van der Waals surface area (Å²) in [5.41, 5.74) is 1.42. The van der Waals surface area contributed by atoms with Crippen LogP contribution < -0.4 is 4.90 Å². The van der Waals surface area contributed by atoms with Crippen LogP contribution in [0.1, 0.15) is 50.2 Å². The quantitative estimate of drug-likeness (QED) is 0.700. The molecule has 25 heavy (non-hydrogen) atoms. The van der Waals surface area contributed by atoms with Crippen LogP contribution in [0.2, 0.25) is 0 Å². The van der Waals surface area contributed by atoms with Crippen LogP contribution in [-0.4, -0.2) is 24.8 Å². The molecule has 2 saturated carbocycles. The van der Waals surface area contributed by atoms with E-state index in [4.69, 9.17) is 0 Å². The van der Waals surface area contributed by atoms with E-state index in [0.717, 1.165) is 22.4 Å². The zero-order valence-electron chi connectivity index (χ0n) is 14.2. The fourth-order valence-corrected chi connectivity index (χ4v) is 4.27. The van der Waals surface area contributed by atoms with Crippen LogP contribution in [0.3, 0.4) is 0 Å². The number of hydrogen-bond donors (Lipinski definition) is 0. The molecule has 1 spiro atoms. The number of nitrogens with zero attached hydrogens (tertiary/aromatic N) is 1. The van der Waals surface area contributed by atoms with Crippen LogP contribution in [0.25, 0.3) is 0 Å². The van der Waals surface area contributed by atoms with Crippen LogP contribution in [0.4, 0.5) is 23.2 Å². The van der Waals surface area contributed by atoms with E-state index in [0.29, 0.717) is 36.3 Å². The summed E-state index contributed by atoms with van der Waals surface area (Å²) in [6.07, 6.45) is -1.53. The molecule has 0 unspecified atom stereocenters. The van der Waals surface area contributed by atoms with Gasteiger partial charge in [0.25, 0.3) is 0 Å². The Labute approximate surface area is 144 Å². The molecule has 1 aromatic carbocycles. The van der Waals surface area contributed by atoms with Gasteiger partial charge in [0.05, 0.1) is 12.0 Å². The largest absolute Gasteiger partial charge is 0.324 e. The Morgan fingerprint density at radius 1 is 1.28 bits per heavy atom. The summed E-state index contributed by atoms with van der Waals surface area (Å²) in [5, 5.41) is 0. The van der Waals surface area contributed by atoms with Crippen molar-refractivity contribution in [2.24, 2.45) is 11.8 Å². The minimum absolute atomic E-state index is 0.369. The van der Waals surface area contributed by atoms with Crippen molar-refractivity contribution >= 4 is 11.6 Å². The first-order valence-corrected chi connectivity index (χ1v) is 8.80. The van der Waals surface area contributed by atoms with E-state index in [1.165, 1.54) is 0 Å². The molecule has 1 aromatic rings. The molecular formula is C19H21F4NO. The number of benzene rings is 1. The van der Waals surface area contributed by atoms with Crippen molar-refractivity contribution < 1.29 is 22.4 Å². The van der Waals surface area contributed by atoms with Crippen molar-refractivity contribution in [1.82, 2.24) is 0 Å². The lowest BCUT2D eigenvalue weighted by Crippen LogP contribution is -2.44. The Bertz CT molecular complexity index is 726. The maximum atomic E-state index is 13.6. The topological polar surface area (TPSA) is 20.3 Å². The lowest BCUT2D eigenvalue weighted by molar-refractivity contribution is -0.131. The molecule has 0 saturated heterocycles. The molecule has 4 rings (SSSR count). The summed E-state index contributed by atoms with van der Waals surface area (Å²) in [6.45, 7) is 3.05. The summed E-state index contributed by atoms with van der Waals surface area (Å²) in [6, 6.07) is 5.62.